The SMILES string of the molecule is O=[N+]([O-])c1cccc(CNC2CCN3CCC2C3)c1. The van der Waals surface area contributed by atoms with Gasteiger partial charge in [-0.3, -0.25) is 10.1 Å². The minimum atomic E-state index is -0.334. The van der Waals surface area contributed by atoms with E-state index in [0.29, 0.717) is 6.04 Å². The first-order valence-corrected chi connectivity index (χ1v) is 6.91. The number of nitro benzene ring substituents is 1. The summed E-state index contributed by atoms with van der Waals surface area (Å²) in [7, 11) is 0. The van der Waals surface area contributed by atoms with E-state index in [0.717, 1.165) is 18.0 Å². The van der Waals surface area contributed by atoms with E-state index in [1.54, 1.807) is 18.2 Å². The standard InChI is InChI=1S/C14H19N3O2/c18-17(19)13-3-1-2-11(8-13)9-15-14-5-7-16-6-4-12(14)10-16/h1-3,8,12,14-15H,4-7,9-10H2. The minimum Gasteiger partial charge on any atom is -0.310 e. The van der Waals surface area contributed by atoms with Crippen LogP contribution in [0.1, 0.15) is 18.4 Å². The second-order valence-corrected chi connectivity index (χ2v) is 5.55. The summed E-state index contributed by atoms with van der Waals surface area (Å²) in [6, 6.07) is 7.48. The highest BCUT2D eigenvalue weighted by Crippen LogP contribution is 2.27. The van der Waals surface area contributed by atoms with Crippen LogP contribution in [0.15, 0.2) is 24.3 Å². The molecule has 0 amide bonds. The number of non-ortho nitro benzene ring substituents is 1. The second kappa shape index (κ2) is 5.27. The lowest BCUT2D eigenvalue weighted by Crippen LogP contribution is -2.43. The monoisotopic (exact) mass is 261 g/mol. The fourth-order valence-corrected chi connectivity index (χ4v) is 3.25. The third kappa shape index (κ3) is 2.77. The molecule has 2 fully saturated rings. The first-order chi connectivity index (χ1) is 9.22. The van der Waals surface area contributed by atoms with E-state index in [2.05, 4.69) is 10.2 Å². The summed E-state index contributed by atoms with van der Waals surface area (Å²) in [5, 5.41) is 14.3. The zero-order valence-electron chi connectivity index (χ0n) is 10.9. The molecule has 2 bridgehead atoms. The molecule has 2 heterocycles. The summed E-state index contributed by atoms with van der Waals surface area (Å²) >= 11 is 0. The molecule has 0 saturated carbocycles. The van der Waals surface area contributed by atoms with Crippen molar-refractivity contribution >= 4 is 5.69 Å². The number of nitrogens with one attached hydrogen (secondary N) is 1. The van der Waals surface area contributed by atoms with Gasteiger partial charge in [0.1, 0.15) is 0 Å². The molecule has 3 atom stereocenters. The molecule has 2 aliphatic rings. The van der Waals surface area contributed by atoms with Crippen LogP contribution >= 0.6 is 0 Å². The predicted octanol–water partition coefficient (Wildman–Crippen LogP) is 1.78. The van der Waals surface area contributed by atoms with Crippen molar-refractivity contribution < 1.29 is 4.92 Å². The topological polar surface area (TPSA) is 58.4 Å². The molecule has 0 radical (unpaired) electrons. The van der Waals surface area contributed by atoms with Crippen LogP contribution in [0.5, 0.6) is 0 Å². The molecular formula is C14H19N3O2. The first-order valence-electron chi connectivity index (χ1n) is 6.91. The van der Waals surface area contributed by atoms with Crippen LogP contribution in [0.3, 0.4) is 0 Å². The third-order valence-electron chi connectivity index (χ3n) is 4.32. The molecule has 1 aromatic carbocycles. The van der Waals surface area contributed by atoms with Crippen LogP contribution < -0.4 is 5.32 Å². The number of nitrogens with zero attached hydrogens (tertiary/aromatic N) is 2. The van der Waals surface area contributed by atoms with Gasteiger partial charge in [0, 0.05) is 31.3 Å². The van der Waals surface area contributed by atoms with Gasteiger partial charge in [-0.2, -0.15) is 0 Å². The molecule has 5 heteroatoms. The van der Waals surface area contributed by atoms with Gasteiger partial charge in [-0.1, -0.05) is 12.1 Å². The largest absolute Gasteiger partial charge is 0.310 e. The van der Waals surface area contributed by atoms with Crippen LogP contribution in [0.25, 0.3) is 0 Å². The molecule has 2 saturated heterocycles. The van der Waals surface area contributed by atoms with Crippen molar-refractivity contribution in [3.63, 3.8) is 0 Å². The van der Waals surface area contributed by atoms with Gasteiger partial charge in [-0.15, -0.1) is 0 Å². The van der Waals surface area contributed by atoms with Crippen LogP contribution in [0.2, 0.25) is 0 Å². The van der Waals surface area contributed by atoms with Gasteiger partial charge in [-0.05, 0) is 37.4 Å². The number of piperidine rings is 1. The molecule has 1 aromatic rings. The van der Waals surface area contributed by atoms with E-state index < -0.39 is 0 Å². The summed E-state index contributed by atoms with van der Waals surface area (Å²) in [4.78, 5) is 12.9. The van der Waals surface area contributed by atoms with Gasteiger partial charge in [0.15, 0.2) is 0 Å². The van der Waals surface area contributed by atoms with Crippen molar-refractivity contribution in [2.24, 2.45) is 5.92 Å². The normalized spacial score (nSPS) is 29.4. The van der Waals surface area contributed by atoms with Crippen molar-refractivity contribution in [2.45, 2.75) is 25.4 Å². The summed E-state index contributed by atoms with van der Waals surface area (Å²) in [6.07, 6.45) is 2.48. The zero-order chi connectivity index (χ0) is 13.2. The van der Waals surface area contributed by atoms with Crippen LogP contribution in [-0.2, 0) is 6.54 Å². The van der Waals surface area contributed by atoms with Crippen molar-refractivity contribution in [3.8, 4) is 0 Å². The highest BCUT2D eigenvalue weighted by molar-refractivity contribution is 5.34. The predicted molar refractivity (Wildman–Crippen MR) is 72.9 cm³/mol. The highest BCUT2D eigenvalue weighted by atomic mass is 16.6. The van der Waals surface area contributed by atoms with Crippen LogP contribution in [-0.4, -0.2) is 35.5 Å². The second-order valence-electron chi connectivity index (χ2n) is 5.55. The molecule has 3 unspecified atom stereocenters. The Labute approximate surface area is 112 Å². The molecule has 0 spiro atoms. The first kappa shape index (κ1) is 12.6. The molecule has 19 heavy (non-hydrogen) atoms. The van der Waals surface area contributed by atoms with E-state index >= 15 is 0 Å². The number of hydrogen-bond donors (Lipinski definition) is 1. The maximum atomic E-state index is 10.7. The van der Waals surface area contributed by atoms with Crippen LogP contribution in [0, 0.1) is 16.0 Å². The summed E-state index contributed by atoms with van der Waals surface area (Å²) < 4.78 is 0. The Hall–Kier alpha value is -1.46. The van der Waals surface area contributed by atoms with Crippen molar-refractivity contribution in [1.29, 1.82) is 0 Å². The lowest BCUT2D eigenvalue weighted by atomic mass is 9.94. The molecular weight excluding hydrogens is 242 g/mol. The van der Waals surface area contributed by atoms with E-state index in [4.69, 9.17) is 0 Å². The summed E-state index contributed by atoms with van der Waals surface area (Å²) in [6.45, 7) is 4.36. The Bertz CT molecular complexity index is 478. The van der Waals surface area contributed by atoms with Crippen molar-refractivity contribution in [1.82, 2.24) is 10.2 Å². The Morgan fingerprint density at radius 2 is 2.21 bits per heavy atom. The Balaban J connectivity index is 1.60. The average molecular weight is 261 g/mol. The smallest absolute Gasteiger partial charge is 0.269 e. The number of benzene rings is 1. The fourth-order valence-electron chi connectivity index (χ4n) is 3.25. The average Bonchev–Trinajstić information content (AvgIpc) is 2.81. The Kier molecular flexibility index (Phi) is 3.48. The Morgan fingerprint density at radius 3 is 3.05 bits per heavy atom. The van der Waals surface area contributed by atoms with Gasteiger partial charge in [-0.25, -0.2) is 0 Å². The molecule has 0 aromatic heterocycles. The van der Waals surface area contributed by atoms with E-state index in [9.17, 15) is 10.1 Å². The molecule has 2 aliphatic heterocycles. The van der Waals surface area contributed by atoms with Crippen molar-refractivity contribution in [2.75, 3.05) is 19.6 Å². The number of nitro groups is 1. The van der Waals surface area contributed by atoms with Gasteiger partial charge < -0.3 is 10.2 Å². The van der Waals surface area contributed by atoms with Crippen LogP contribution in [0.4, 0.5) is 5.69 Å². The van der Waals surface area contributed by atoms with E-state index in [1.165, 1.54) is 32.5 Å². The molecule has 5 nitrogen and oxygen atoms in total. The Morgan fingerprint density at radius 1 is 1.37 bits per heavy atom. The van der Waals surface area contributed by atoms with Gasteiger partial charge >= 0.3 is 0 Å². The maximum absolute atomic E-state index is 10.7. The molecule has 0 aliphatic carbocycles. The highest BCUT2D eigenvalue weighted by Gasteiger charge is 2.33. The number of rotatable bonds is 4. The molecule has 102 valence electrons. The van der Waals surface area contributed by atoms with Crippen molar-refractivity contribution in [3.05, 3.63) is 39.9 Å². The molecule has 1 N–H and O–H groups in total. The van der Waals surface area contributed by atoms with Gasteiger partial charge in [0.2, 0.25) is 0 Å². The number of hydrogen-bond acceptors (Lipinski definition) is 4. The third-order valence-corrected chi connectivity index (χ3v) is 4.32. The summed E-state index contributed by atoms with van der Waals surface area (Å²) in [5.41, 5.74) is 1.17. The van der Waals surface area contributed by atoms with Gasteiger partial charge in [0.25, 0.3) is 5.69 Å². The fraction of sp³-hybridized carbons (Fsp3) is 0.571. The number of fused-ring (bicyclic) bond motifs is 2. The maximum Gasteiger partial charge on any atom is 0.269 e. The van der Waals surface area contributed by atoms with E-state index in [-0.39, 0.29) is 10.6 Å². The lowest BCUT2D eigenvalue weighted by molar-refractivity contribution is -0.384. The minimum absolute atomic E-state index is 0.176. The molecule has 3 rings (SSSR count). The van der Waals surface area contributed by atoms with Gasteiger partial charge in [0.05, 0.1) is 4.92 Å². The quantitative estimate of drug-likeness (QED) is 0.663. The van der Waals surface area contributed by atoms with E-state index in [1.807, 2.05) is 6.07 Å². The lowest BCUT2D eigenvalue weighted by Gasteiger charge is -2.31. The zero-order valence-corrected chi connectivity index (χ0v) is 10.9. The summed E-state index contributed by atoms with van der Waals surface area (Å²) in [5.74, 6) is 0.757.